The van der Waals surface area contributed by atoms with Gasteiger partial charge in [0.1, 0.15) is 0 Å². The molecule has 0 fully saturated rings. The first-order chi connectivity index (χ1) is 9.91. The van der Waals surface area contributed by atoms with Crippen LogP contribution in [0.2, 0.25) is 0 Å². The van der Waals surface area contributed by atoms with E-state index in [2.05, 4.69) is 82.8 Å². The minimum Gasteiger partial charge on any atom is -0.369 e. The number of ether oxygens (including phenoxy) is 1. The number of nitrogens with zero attached hydrogens (tertiary/aromatic N) is 2. The minimum absolute atomic E-state index is 0.522. The van der Waals surface area contributed by atoms with Crippen LogP contribution < -0.4 is 0 Å². The fourth-order valence-electron chi connectivity index (χ4n) is 2.04. The lowest BCUT2D eigenvalue weighted by Gasteiger charge is -2.11. The van der Waals surface area contributed by atoms with Gasteiger partial charge in [-0.25, -0.2) is 0 Å². The van der Waals surface area contributed by atoms with Gasteiger partial charge in [0.05, 0.1) is 24.6 Å². The number of hydrogen-bond acceptors (Lipinski definition) is 3. The Morgan fingerprint density at radius 3 is 1.57 bits per heavy atom. The van der Waals surface area contributed by atoms with E-state index in [1.165, 1.54) is 29.4 Å². The first kappa shape index (κ1) is 17.1. The van der Waals surface area contributed by atoms with E-state index >= 15 is 0 Å². The van der Waals surface area contributed by atoms with Crippen molar-refractivity contribution in [2.75, 3.05) is 0 Å². The second kappa shape index (κ2) is 7.32. The largest absolute Gasteiger partial charge is 0.369 e. The van der Waals surface area contributed by atoms with E-state index in [-0.39, 0.29) is 0 Å². The van der Waals surface area contributed by atoms with Gasteiger partial charge in [-0.1, -0.05) is 0 Å². The highest BCUT2D eigenvalue weighted by atomic mass is 127. The molecule has 2 aromatic rings. The van der Waals surface area contributed by atoms with Crippen molar-refractivity contribution in [2.24, 2.45) is 0 Å². The van der Waals surface area contributed by atoms with Crippen molar-refractivity contribution in [3.8, 4) is 0 Å². The summed E-state index contributed by atoms with van der Waals surface area (Å²) in [6.07, 6.45) is 3.82. The SMILES string of the molecule is Cc1cnc(COCc2ncc(C)c(I)c2C)c(C)c1I. The molecule has 2 heterocycles. The summed E-state index contributed by atoms with van der Waals surface area (Å²) in [5, 5.41) is 0. The molecule has 0 spiro atoms. The maximum Gasteiger partial charge on any atom is 0.0896 e. The third kappa shape index (κ3) is 3.92. The Morgan fingerprint density at radius 1 is 0.810 bits per heavy atom. The standard InChI is InChI=1S/C16H18I2N2O/c1-9-5-19-13(11(3)15(9)17)7-21-8-14-12(4)16(18)10(2)6-20-14/h5-6H,7-8H2,1-4H3. The first-order valence-electron chi connectivity index (χ1n) is 6.70. The average Bonchev–Trinajstić information content (AvgIpc) is 2.47. The van der Waals surface area contributed by atoms with Gasteiger partial charge in [-0.3, -0.25) is 9.97 Å². The smallest absolute Gasteiger partial charge is 0.0896 e. The van der Waals surface area contributed by atoms with E-state index in [1.54, 1.807) is 0 Å². The molecular weight excluding hydrogens is 490 g/mol. The van der Waals surface area contributed by atoms with Gasteiger partial charge in [-0.05, 0) is 95.1 Å². The third-order valence-corrected chi connectivity index (χ3v) is 6.84. The molecule has 3 nitrogen and oxygen atoms in total. The molecular formula is C16H18I2N2O. The van der Waals surface area contributed by atoms with Gasteiger partial charge in [0.25, 0.3) is 0 Å². The van der Waals surface area contributed by atoms with Crippen LogP contribution in [0.1, 0.15) is 33.6 Å². The van der Waals surface area contributed by atoms with Crippen molar-refractivity contribution in [1.82, 2.24) is 9.97 Å². The van der Waals surface area contributed by atoms with Gasteiger partial charge >= 0.3 is 0 Å². The second-order valence-corrected chi connectivity index (χ2v) is 7.30. The quantitative estimate of drug-likeness (QED) is 0.566. The minimum atomic E-state index is 0.522. The maximum absolute atomic E-state index is 5.83. The topological polar surface area (TPSA) is 35.0 Å². The molecule has 21 heavy (non-hydrogen) atoms. The van der Waals surface area contributed by atoms with Crippen molar-refractivity contribution in [2.45, 2.75) is 40.9 Å². The lowest BCUT2D eigenvalue weighted by molar-refractivity contribution is 0.101. The van der Waals surface area contributed by atoms with Gasteiger partial charge in [0.2, 0.25) is 0 Å². The Bertz CT molecular complexity index is 614. The van der Waals surface area contributed by atoms with Crippen LogP contribution in [0.25, 0.3) is 0 Å². The summed E-state index contributed by atoms with van der Waals surface area (Å²) in [4.78, 5) is 8.94. The predicted octanol–water partition coefficient (Wildman–Crippen LogP) is 4.64. The Hall–Kier alpha value is -0.280. The molecule has 2 aromatic heterocycles. The van der Waals surface area contributed by atoms with E-state index in [9.17, 15) is 0 Å². The average molecular weight is 508 g/mol. The molecule has 0 aromatic carbocycles. The molecule has 0 aliphatic carbocycles. The summed E-state index contributed by atoms with van der Waals surface area (Å²) in [7, 11) is 0. The molecule has 0 saturated carbocycles. The fourth-order valence-corrected chi connectivity index (χ4v) is 2.94. The molecule has 0 saturated heterocycles. The van der Waals surface area contributed by atoms with Gasteiger partial charge in [0.15, 0.2) is 0 Å². The number of rotatable bonds is 4. The Labute approximate surface area is 153 Å². The summed E-state index contributed by atoms with van der Waals surface area (Å²) in [5.41, 5.74) is 6.84. The molecule has 2 rings (SSSR count). The third-order valence-electron chi connectivity index (χ3n) is 3.52. The molecule has 5 heteroatoms. The molecule has 0 amide bonds. The van der Waals surface area contributed by atoms with Crippen LogP contribution in [-0.2, 0) is 18.0 Å². The second-order valence-electron chi connectivity index (χ2n) is 5.15. The summed E-state index contributed by atoms with van der Waals surface area (Å²) in [6, 6.07) is 0. The molecule has 0 atom stereocenters. The molecule has 0 radical (unpaired) electrons. The monoisotopic (exact) mass is 508 g/mol. The zero-order valence-corrected chi connectivity index (χ0v) is 16.9. The van der Waals surface area contributed by atoms with Crippen LogP contribution in [0.3, 0.4) is 0 Å². The van der Waals surface area contributed by atoms with Crippen LogP contribution in [0.4, 0.5) is 0 Å². The summed E-state index contributed by atoms with van der Waals surface area (Å²) in [5.74, 6) is 0. The van der Waals surface area contributed by atoms with Crippen molar-refractivity contribution < 1.29 is 4.74 Å². The lowest BCUT2D eigenvalue weighted by atomic mass is 10.1. The molecule has 0 aliphatic rings. The molecule has 112 valence electrons. The van der Waals surface area contributed by atoms with E-state index in [0.717, 1.165) is 11.4 Å². The highest BCUT2D eigenvalue weighted by Crippen LogP contribution is 2.21. The number of aromatic nitrogens is 2. The van der Waals surface area contributed by atoms with Crippen molar-refractivity contribution in [1.29, 1.82) is 0 Å². The summed E-state index contributed by atoms with van der Waals surface area (Å²) >= 11 is 4.72. The van der Waals surface area contributed by atoms with E-state index in [1.807, 2.05) is 12.4 Å². The van der Waals surface area contributed by atoms with Crippen molar-refractivity contribution in [3.63, 3.8) is 0 Å². The Balaban J connectivity index is 2.06. The zero-order valence-electron chi connectivity index (χ0n) is 12.6. The number of hydrogen-bond donors (Lipinski definition) is 0. The summed E-state index contributed by atoms with van der Waals surface area (Å²) < 4.78 is 8.35. The lowest BCUT2D eigenvalue weighted by Crippen LogP contribution is -2.05. The van der Waals surface area contributed by atoms with Gasteiger partial charge in [-0.15, -0.1) is 0 Å². The van der Waals surface area contributed by atoms with E-state index < -0.39 is 0 Å². The van der Waals surface area contributed by atoms with Crippen molar-refractivity contribution >= 4 is 45.2 Å². The normalized spacial score (nSPS) is 11.0. The van der Waals surface area contributed by atoms with Crippen LogP contribution in [-0.4, -0.2) is 9.97 Å². The fraction of sp³-hybridized carbons (Fsp3) is 0.375. The van der Waals surface area contributed by atoms with Gasteiger partial charge in [0, 0.05) is 19.5 Å². The molecule has 0 unspecified atom stereocenters. The molecule has 0 bridgehead atoms. The van der Waals surface area contributed by atoms with E-state index in [0.29, 0.717) is 13.2 Å². The number of halogens is 2. The zero-order chi connectivity index (χ0) is 15.6. The highest BCUT2D eigenvalue weighted by molar-refractivity contribution is 14.1. The summed E-state index contributed by atoms with van der Waals surface area (Å²) in [6.45, 7) is 9.39. The van der Waals surface area contributed by atoms with Crippen LogP contribution >= 0.6 is 45.2 Å². The first-order valence-corrected chi connectivity index (χ1v) is 8.86. The Kier molecular flexibility index (Phi) is 5.96. The highest BCUT2D eigenvalue weighted by Gasteiger charge is 2.09. The van der Waals surface area contributed by atoms with Gasteiger partial charge in [-0.2, -0.15) is 0 Å². The van der Waals surface area contributed by atoms with Crippen molar-refractivity contribution in [3.05, 3.63) is 53.2 Å². The van der Waals surface area contributed by atoms with Crippen LogP contribution in [0.5, 0.6) is 0 Å². The van der Waals surface area contributed by atoms with E-state index in [4.69, 9.17) is 4.74 Å². The van der Waals surface area contributed by atoms with Gasteiger partial charge < -0.3 is 4.74 Å². The van der Waals surface area contributed by atoms with Crippen LogP contribution in [0.15, 0.2) is 12.4 Å². The van der Waals surface area contributed by atoms with Crippen LogP contribution in [0, 0.1) is 34.8 Å². The molecule has 0 N–H and O–H groups in total. The Morgan fingerprint density at radius 2 is 1.19 bits per heavy atom. The molecule has 0 aliphatic heterocycles. The maximum atomic E-state index is 5.83. The number of aryl methyl sites for hydroxylation is 2. The predicted molar refractivity (Wildman–Crippen MR) is 101 cm³/mol. The number of pyridine rings is 2.